The molecular weight excluding hydrogens is 495 g/mol. The van der Waals surface area contributed by atoms with Crippen molar-refractivity contribution in [3.8, 4) is 22.6 Å². The molecule has 0 unspecified atom stereocenters. The van der Waals surface area contributed by atoms with Crippen LogP contribution in [0.1, 0.15) is 55.2 Å². The summed E-state index contributed by atoms with van der Waals surface area (Å²) in [6.07, 6.45) is 3.35. The summed E-state index contributed by atoms with van der Waals surface area (Å²) in [5, 5.41) is -0.226. The minimum absolute atomic E-state index is 0.0987. The maximum absolute atomic E-state index is 15.0. The van der Waals surface area contributed by atoms with Crippen LogP contribution in [0.25, 0.3) is 11.1 Å². The molecule has 0 bridgehead atoms. The Morgan fingerprint density at radius 2 is 1.33 bits per heavy atom. The van der Waals surface area contributed by atoms with E-state index in [1.807, 2.05) is 0 Å². The number of benzene rings is 3. The second-order valence-corrected chi connectivity index (χ2v) is 11.2. The van der Waals surface area contributed by atoms with Gasteiger partial charge in [-0.25, -0.2) is 13.2 Å². The molecule has 192 valence electrons. The summed E-state index contributed by atoms with van der Waals surface area (Å²) in [5.41, 5.74) is 0.0387. The topological polar surface area (TPSA) is 66.8 Å². The zero-order valence-electron chi connectivity index (χ0n) is 20.1. The molecule has 9 heteroatoms. The van der Waals surface area contributed by atoms with E-state index < -0.39 is 42.2 Å². The predicted molar refractivity (Wildman–Crippen MR) is 130 cm³/mol. The molecule has 0 radical (unpaired) electrons. The Bertz CT molecular complexity index is 1340. The highest BCUT2D eigenvalue weighted by Crippen LogP contribution is 2.41. The highest BCUT2D eigenvalue weighted by Gasteiger charge is 2.27. The monoisotopic (exact) mass is 522 g/mol. The van der Waals surface area contributed by atoms with Gasteiger partial charge in [0.25, 0.3) is 0 Å². The van der Waals surface area contributed by atoms with Gasteiger partial charge < -0.3 is 14.5 Å². The lowest BCUT2D eigenvalue weighted by Crippen LogP contribution is -2.13. The number of hydrogen-bond donors (Lipinski definition) is 2. The molecule has 0 saturated heterocycles. The van der Waals surface area contributed by atoms with E-state index >= 15 is 8.78 Å². The summed E-state index contributed by atoms with van der Waals surface area (Å²) < 4.78 is 77.1. The highest BCUT2D eigenvalue weighted by atomic mass is 31.2. The first-order chi connectivity index (χ1) is 16.9. The largest absolute Gasteiger partial charge is 0.454 e. The lowest BCUT2D eigenvalue weighted by molar-refractivity contribution is 0.339. The lowest BCUT2D eigenvalue weighted by Gasteiger charge is -2.27. The average Bonchev–Trinajstić information content (AvgIpc) is 2.81. The quantitative estimate of drug-likeness (QED) is 0.270. The fraction of sp³-hybridized carbons (Fsp3) is 0.333. The Morgan fingerprint density at radius 1 is 0.806 bits per heavy atom. The smallest absolute Gasteiger partial charge is 0.356 e. The third-order valence-electron chi connectivity index (χ3n) is 6.90. The van der Waals surface area contributed by atoms with Crippen LogP contribution in [0, 0.1) is 43.0 Å². The van der Waals surface area contributed by atoms with E-state index in [1.54, 1.807) is 0 Å². The van der Waals surface area contributed by atoms with Gasteiger partial charge in [0, 0.05) is 11.1 Å². The van der Waals surface area contributed by atoms with Crippen molar-refractivity contribution in [1.82, 2.24) is 0 Å². The molecule has 2 N–H and O–H groups in total. The first kappa shape index (κ1) is 26.4. The molecular formula is C27H27F4O4P. The Labute approximate surface area is 207 Å². The van der Waals surface area contributed by atoms with Crippen molar-refractivity contribution in [3.05, 3.63) is 76.4 Å². The van der Waals surface area contributed by atoms with E-state index in [0.29, 0.717) is 17.0 Å². The van der Waals surface area contributed by atoms with Crippen LogP contribution in [0.4, 0.5) is 17.6 Å². The van der Waals surface area contributed by atoms with Gasteiger partial charge in [0.1, 0.15) is 5.75 Å². The molecule has 3 aromatic carbocycles. The van der Waals surface area contributed by atoms with Crippen LogP contribution in [-0.2, 0) is 4.57 Å². The van der Waals surface area contributed by atoms with Gasteiger partial charge in [0.15, 0.2) is 23.2 Å². The van der Waals surface area contributed by atoms with Crippen molar-refractivity contribution in [2.45, 2.75) is 52.4 Å². The Balaban J connectivity index is 1.66. The summed E-state index contributed by atoms with van der Waals surface area (Å²) in [4.78, 5) is 18.8. The molecule has 0 aromatic heterocycles. The molecule has 1 aliphatic rings. The zero-order valence-corrected chi connectivity index (χ0v) is 21.0. The zero-order chi connectivity index (χ0) is 26.4. The van der Waals surface area contributed by atoms with Gasteiger partial charge in [0.05, 0.1) is 5.30 Å². The first-order valence-electron chi connectivity index (χ1n) is 11.7. The molecule has 0 spiro atoms. The minimum atomic E-state index is -4.51. The third kappa shape index (κ3) is 5.08. The number of hydrogen-bond acceptors (Lipinski definition) is 2. The molecule has 0 atom stereocenters. The standard InChI is InChI=1S/C27H27F4O4P/c1-14-4-6-17(7-5-14)19-8-9-20(24(29)23(19)28)21-10-11-22(26(31)25(21)30)35-27-15(2)12-18(13-16(27)3)36(32,33)34/h8-14,17H,4-7H2,1-3H3,(H2,32,33,34). The van der Waals surface area contributed by atoms with E-state index in [0.717, 1.165) is 37.8 Å². The third-order valence-corrected chi connectivity index (χ3v) is 7.83. The molecule has 3 aromatic rings. The molecule has 0 heterocycles. The molecule has 0 amide bonds. The number of halogens is 4. The maximum Gasteiger partial charge on any atom is 0.356 e. The van der Waals surface area contributed by atoms with Crippen molar-refractivity contribution in [3.63, 3.8) is 0 Å². The summed E-state index contributed by atoms with van der Waals surface area (Å²) in [6, 6.07) is 7.36. The Kier molecular flexibility index (Phi) is 7.33. The number of rotatable bonds is 5. The van der Waals surface area contributed by atoms with Gasteiger partial charge in [-0.15, -0.1) is 0 Å². The summed E-state index contributed by atoms with van der Waals surface area (Å²) in [6.45, 7) is 5.15. The molecule has 1 aliphatic carbocycles. The van der Waals surface area contributed by atoms with Crippen LogP contribution in [0.5, 0.6) is 11.5 Å². The Hall–Kier alpha value is -2.67. The summed E-state index contributed by atoms with van der Waals surface area (Å²) in [7, 11) is -4.51. The Morgan fingerprint density at radius 3 is 1.89 bits per heavy atom. The molecule has 36 heavy (non-hydrogen) atoms. The van der Waals surface area contributed by atoms with Gasteiger partial charge >= 0.3 is 7.60 Å². The van der Waals surface area contributed by atoms with E-state index in [2.05, 4.69) is 6.92 Å². The normalized spacial score (nSPS) is 18.4. The van der Waals surface area contributed by atoms with Crippen molar-refractivity contribution in [1.29, 1.82) is 0 Å². The fourth-order valence-corrected chi connectivity index (χ4v) is 5.57. The van der Waals surface area contributed by atoms with E-state index in [4.69, 9.17) is 4.74 Å². The molecule has 1 saturated carbocycles. The van der Waals surface area contributed by atoms with Gasteiger partial charge in [-0.2, -0.15) is 4.39 Å². The lowest BCUT2D eigenvalue weighted by atomic mass is 9.79. The van der Waals surface area contributed by atoms with Gasteiger partial charge in [-0.1, -0.05) is 31.9 Å². The number of ether oxygens (including phenoxy) is 1. The van der Waals surface area contributed by atoms with Gasteiger partial charge in [-0.3, -0.25) is 4.57 Å². The summed E-state index contributed by atoms with van der Waals surface area (Å²) in [5.74, 6) is -5.01. The number of aryl methyl sites for hydroxylation is 2. The molecule has 4 rings (SSSR count). The maximum atomic E-state index is 15.0. The van der Waals surface area contributed by atoms with Crippen LogP contribution >= 0.6 is 7.60 Å². The van der Waals surface area contributed by atoms with E-state index in [1.165, 1.54) is 38.1 Å². The van der Waals surface area contributed by atoms with Crippen LogP contribution < -0.4 is 10.0 Å². The van der Waals surface area contributed by atoms with Crippen LogP contribution in [-0.4, -0.2) is 9.79 Å². The highest BCUT2D eigenvalue weighted by molar-refractivity contribution is 7.60. The fourth-order valence-electron chi connectivity index (χ4n) is 4.84. The first-order valence-corrected chi connectivity index (χ1v) is 13.3. The van der Waals surface area contributed by atoms with Crippen molar-refractivity contribution in [2.24, 2.45) is 5.92 Å². The van der Waals surface area contributed by atoms with Crippen molar-refractivity contribution >= 4 is 12.9 Å². The SMILES string of the molecule is Cc1cc(P(=O)(O)O)cc(C)c1Oc1ccc(-c2ccc(C3CCC(C)CC3)c(F)c2F)c(F)c1F. The van der Waals surface area contributed by atoms with Crippen LogP contribution in [0.2, 0.25) is 0 Å². The minimum Gasteiger partial charge on any atom is -0.454 e. The van der Waals surface area contributed by atoms with Crippen LogP contribution in [0.3, 0.4) is 0 Å². The molecule has 0 aliphatic heterocycles. The molecule has 1 fully saturated rings. The second kappa shape index (κ2) is 10.0. The second-order valence-electron chi connectivity index (χ2n) is 9.58. The predicted octanol–water partition coefficient (Wildman–Crippen LogP) is 7.42. The van der Waals surface area contributed by atoms with Crippen molar-refractivity contribution < 1.29 is 36.7 Å². The molecule has 4 nitrogen and oxygen atoms in total. The van der Waals surface area contributed by atoms with E-state index in [-0.39, 0.29) is 28.1 Å². The summed E-state index contributed by atoms with van der Waals surface area (Å²) >= 11 is 0. The van der Waals surface area contributed by atoms with Crippen molar-refractivity contribution in [2.75, 3.05) is 0 Å². The van der Waals surface area contributed by atoms with Crippen LogP contribution in [0.15, 0.2) is 36.4 Å². The van der Waals surface area contributed by atoms with E-state index in [9.17, 15) is 23.1 Å². The van der Waals surface area contributed by atoms with Gasteiger partial charge in [0.2, 0.25) is 5.82 Å². The van der Waals surface area contributed by atoms with Gasteiger partial charge in [-0.05, 0) is 79.5 Å². The average molecular weight is 522 g/mol.